The Morgan fingerprint density at radius 2 is 1.89 bits per heavy atom. The van der Waals surface area contributed by atoms with Gasteiger partial charge in [0, 0.05) is 11.6 Å². The van der Waals surface area contributed by atoms with Crippen LogP contribution < -0.4 is 5.73 Å². The summed E-state index contributed by atoms with van der Waals surface area (Å²) in [6, 6.07) is 16.0. The number of fused-ring (bicyclic) bond motifs is 1. The van der Waals surface area contributed by atoms with Gasteiger partial charge in [0.15, 0.2) is 0 Å². The van der Waals surface area contributed by atoms with Gasteiger partial charge in [0.05, 0.1) is 17.6 Å². The fourth-order valence-electron chi connectivity index (χ4n) is 2.24. The fraction of sp³-hybridized carbons (Fsp3) is 0.133. The molecule has 0 spiro atoms. The van der Waals surface area contributed by atoms with Crippen LogP contribution in [0.4, 0.5) is 0 Å². The molecule has 0 saturated heterocycles. The molecule has 0 aliphatic carbocycles. The molecule has 19 heavy (non-hydrogen) atoms. The zero-order valence-corrected chi connectivity index (χ0v) is 11.1. The number of benzene rings is 2. The van der Waals surface area contributed by atoms with Crippen LogP contribution in [0, 0.1) is 0 Å². The molecule has 4 heteroatoms. The van der Waals surface area contributed by atoms with Crippen molar-refractivity contribution in [1.82, 2.24) is 9.55 Å². The predicted molar refractivity (Wildman–Crippen MR) is 78.2 cm³/mol. The van der Waals surface area contributed by atoms with E-state index in [0.717, 1.165) is 23.4 Å². The minimum absolute atomic E-state index is 0.416. The number of hydrogen-bond acceptors (Lipinski definition) is 2. The van der Waals surface area contributed by atoms with E-state index in [-0.39, 0.29) is 0 Å². The molecule has 0 radical (unpaired) electrons. The normalized spacial score (nSPS) is 11.1. The molecule has 0 atom stereocenters. The highest BCUT2D eigenvalue weighted by Gasteiger charge is 2.10. The van der Waals surface area contributed by atoms with Crippen molar-refractivity contribution in [3.05, 3.63) is 64.9 Å². The smallest absolute Gasteiger partial charge is 0.123 e. The number of aromatic nitrogens is 2. The van der Waals surface area contributed by atoms with Crippen LogP contribution in [0.1, 0.15) is 11.4 Å². The van der Waals surface area contributed by atoms with E-state index in [1.54, 1.807) is 0 Å². The van der Waals surface area contributed by atoms with E-state index in [1.807, 2.05) is 36.4 Å². The third-order valence-corrected chi connectivity index (χ3v) is 3.39. The number of nitrogens with zero attached hydrogens (tertiary/aromatic N) is 2. The summed E-state index contributed by atoms with van der Waals surface area (Å²) in [5.74, 6) is 0.876. The number of imidazole rings is 1. The van der Waals surface area contributed by atoms with Crippen LogP contribution in [0.5, 0.6) is 0 Å². The van der Waals surface area contributed by atoms with Gasteiger partial charge in [-0.15, -0.1) is 0 Å². The summed E-state index contributed by atoms with van der Waals surface area (Å²) in [6.07, 6.45) is 0. The van der Waals surface area contributed by atoms with Gasteiger partial charge in [-0.2, -0.15) is 0 Å². The lowest BCUT2D eigenvalue weighted by molar-refractivity contribution is 0.744. The molecule has 0 aliphatic rings. The zero-order valence-electron chi connectivity index (χ0n) is 10.4. The largest absolute Gasteiger partial charge is 0.324 e. The van der Waals surface area contributed by atoms with Gasteiger partial charge in [-0.25, -0.2) is 4.98 Å². The summed E-state index contributed by atoms with van der Waals surface area (Å²) < 4.78 is 2.12. The highest BCUT2D eigenvalue weighted by atomic mass is 35.5. The third-order valence-electron chi connectivity index (χ3n) is 3.16. The lowest BCUT2D eigenvalue weighted by Gasteiger charge is -2.08. The Labute approximate surface area is 116 Å². The lowest BCUT2D eigenvalue weighted by atomic mass is 10.2. The molecule has 0 bridgehead atoms. The van der Waals surface area contributed by atoms with Crippen molar-refractivity contribution in [2.24, 2.45) is 5.73 Å². The molecule has 3 rings (SSSR count). The second-order valence-corrected chi connectivity index (χ2v) is 4.87. The monoisotopic (exact) mass is 271 g/mol. The van der Waals surface area contributed by atoms with Crippen molar-refractivity contribution in [3.63, 3.8) is 0 Å². The molecule has 1 heterocycles. The summed E-state index contributed by atoms with van der Waals surface area (Å²) >= 11 is 6.07. The quantitative estimate of drug-likeness (QED) is 0.795. The molecule has 96 valence electrons. The second kappa shape index (κ2) is 5.03. The van der Waals surface area contributed by atoms with Crippen molar-refractivity contribution >= 4 is 22.6 Å². The maximum atomic E-state index is 6.07. The average molecular weight is 272 g/mol. The SMILES string of the molecule is NCc1nc2ccc(Cl)cc2n1Cc1ccccc1. The Morgan fingerprint density at radius 1 is 1.11 bits per heavy atom. The molecule has 1 aromatic heterocycles. The Kier molecular flexibility index (Phi) is 3.23. The van der Waals surface area contributed by atoms with E-state index in [2.05, 4.69) is 21.7 Å². The second-order valence-electron chi connectivity index (χ2n) is 4.44. The minimum Gasteiger partial charge on any atom is -0.324 e. The van der Waals surface area contributed by atoms with Crippen molar-refractivity contribution in [1.29, 1.82) is 0 Å². The Morgan fingerprint density at radius 3 is 2.63 bits per heavy atom. The summed E-state index contributed by atoms with van der Waals surface area (Å²) in [5.41, 5.74) is 8.96. The van der Waals surface area contributed by atoms with Gasteiger partial charge in [-0.05, 0) is 23.8 Å². The first-order chi connectivity index (χ1) is 9.28. The molecule has 0 amide bonds. The maximum Gasteiger partial charge on any atom is 0.123 e. The van der Waals surface area contributed by atoms with Gasteiger partial charge in [0.2, 0.25) is 0 Å². The van der Waals surface area contributed by atoms with Crippen molar-refractivity contribution in [2.45, 2.75) is 13.1 Å². The number of rotatable bonds is 3. The van der Waals surface area contributed by atoms with Gasteiger partial charge >= 0.3 is 0 Å². The van der Waals surface area contributed by atoms with E-state index in [0.29, 0.717) is 11.6 Å². The number of halogens is 1. The standard InChI is InChI=1S/C15H14ClN3/c16-12-6-7-13-14(8-12)19(15(9-17)18-13)10-11-4-2-1-3-5-11/h1-8H,9-10,17H2. The van der Waals surface area contributed by atoms with Gasteiger partial charge in [0.25, 0.3) is 0 Å². The molecule has 0 fully saturated rings. The first kappa shape index (κ1) is 12.2. The first-order valence-electron chi connectivity index (χ1n) is 6.16. The van der Waals surface area contributed by atoms with Crippen LogP contribution in [-0.2, 0) is 13.1 Å². The minimum atomic E-state index is 0.416. The van der Waals surface area contributed by atoms with E-state index < -0.39 is 0 Å². The maximum absolute atomic E-state index is 6.07. The summed E-state index contributed by atoms with van der Waals surface area (Å²) in [4.78, 5) is 4.55. The van der Waals surface area contributed by atoms with E-state index in [9.17, 15) is 0 Å². The molecular weight excluding hydrogens is 258 g/mol. The summed E-state index contributed by atoms with van der Waals surface area (Å²) in [6.45, 7) is 1.17. The van der Waals surface area contributed by atoms with Crippen molar-refractivity contribution < 1.29 is 0 Å². The molecule has 3 nitrogen and oxygen atoms in total. The van der Waals surface area contributed by atoms with Gasteiger partial charge in [-0.1, -0.05) is 41.9 Å². The molecular formula is C15H14ClN3. The van der Waals surface area contributed by atoms with Crippen LogP contribution in [0.25, 0.3) is 11.0 Å². The van der Waals surface area contributed by atoms with Crippen LogP contribution in [-0.4, -0.2) is 9.55 Å². The lowest BCUT2D eigenvalue weighted by Crippen LogP contribution is -2.09. The van der Waals surface area contributed by atoms with E-state index in [1.165, 1.54) is 5.56 Å². The van der Waals surface area contributed by atoms with E-state index in [4.69, 9.17) is 17.3 Å². The average Bonchev–Trinajstić information content (AvgIpc) is 2.78. The molecule has 2 aromatic carbocycles. The number of nitrogens with two attached hydrogens (primary N) is 1. The fourth-order valence-corrected chi connectivity index (χ4v) is 2.41. The van der Waals surface area contributed by atoms with Gasteiger partial charge in [0.1, 0.15) is 5.82 Å². The highest BCUT2D eigenvalue weighted by molar-refractivity contribution is 6.31. The summed E-state index contributed by atoms with van der Waals surface area (Å²) in [5, 5.41) is 0.713. The van der Waals surface area contributed by atoms with Gasteiger partial charge in [-0.3, -0.25) is 0 Å². The predicted octanol–water partition coefficient (Wildman–Crippen LogP) is 3.20. The van der Waals surface area contributed by atoms with Crippen molar-refractivity contribution in [3.8, 4) is 0 Å². The molecule has 0 unspecified atom stereocenters. The zero-order chi connectivity index (χ0) is 13.2. The van der Waals surface area contributed by atoms with Crippen LogP contribution >= 0.6 is 11.6 Å². The first-order valence-corrected chi connectivity index (χ1v) is 6.54. The number of hydrogen-bond donors (Lipinski definition) is 1. The molecule has 0 aliphatic heterocycles. The Bertz CT molecular complexity index is 704. The van der Waals surface area contributed by atoms with Crippen LogP contribution in [0.3, 0.4) is 0 Å². The van der Waals surface area contributed by atoms with Gasteiger partial charge < -0.3 is 10.3 Å². The third kappa shape index (κ3) is 2.35. The Balaban J connectivity index is 2.12. The van der Waals surface area contributed by atoms with Crippen LogP contribution in [0.15, 0.2) is 48.5 Å². The highest BCUT2D eigenvalue weighted by Crippen LogP contribution is 2.21. The van der Waals surface area contributed by atoms with E-state index >= 15 is 0 Å². The Hall–Kier alpha value is -1.84. The molecule has 3 aromatic rings. The van der Waals surface area contributed by atoms with Crippen molar-refractivity contribution in [2.75, 3.05) is 0 Å². The topological polar surface area (TPSA) is 43.8 Å². The molecule has 2 N–H and O–H groups in total. The van der Waals surface area contributed by atoms with Crippen LogP contribution in [0.2, 0.25) is 5.02 Å². The summed E-state index contributed by atoms with van der Waals surface area (Å²) in [7, 11) is 0. The molecule has 0 saturated carbocycles.